The lowest BCUT2D eigenvalue weighted by Gasteiger charge is -2.16. The van der Waals surface area contributed by atoms with Gasteiger partial charge in [-0.25, -0.2) is 4.79 Å². The number of rotatable bonds is 6. The molecule has 2 aromatic rings. The van der Waals surface area contributed by atoms with Crippen molar-refractivity contribution in [3.8, 4) is 0 Å². The molecule has 1 aliphatic rings. The molecule has 0 bridgehead atoms. The van der Waals surface area contributed by atoms with Crippen molar-refractivity contribution in [1.29, 1.82) is 0 Å². The summed E-state index contributed by atoms with van der Waals surface area (Å²) in [6.45, 7) is 1.10. The zero-order valence-corrected chi connectivity index (χ0v) is 14.3. The Hall–Kier alpha value is -3.15. The van der Waals surface area contributed by atoms with E-state index in [1.807, 2.05) is 24.3 Å². The van der Waals surface area contributed by atoms with Crippen molar-refractivity contribution in [3.05, 3.63) is 65.2 Å². The first kappa shape index (κ1) is 17.7. The Labute approximate surface area is 151 Å². The molecule has 2 aromatic carbocycles. The van der Waals surface area contributed by atoms with Gasteiger partial charge in [0.15, 0.2) is 0 Å². The van der Waals surface area contributed by atoms with Crippen LogP contribution in [0.2, 0.25) is 0 Å². The van der Waals surface area contributed by atoms with E-state index >= 15 is 0 Å². The number of carboxylic acid groups (broad SMARTS) is 1. The van der Waals surface area contributed by atoms with Gasteiger partial charge in [0.1, 0.15) is 0 Å². The Morgan fingerprint density at radius 3 is 2.46 bits per heavy atom. The monoisotopic (exact) mass is 352 g/mol. The highest BCUT2D eigenvalue weighted by atomic mass is 16.4. The maximum absolute atomic E-state index is 12.1. The number of nitrogens with zero attached hydrogens (tertiary/aromatic N) is 1. The minimum absolute atomic E-state index is 0.0167. The lowest BCUT2D eigenvalue weighted by molar-refractivity contribution is -0.120. The van der Waals surface area contributed by atoms with Crippen molar-refractivity contribution >= 4 is 23.5 Å². The van der Waals surface area contributed by atoms with E-state index in [9.17, 15) is 14.4 Å². The molecule has 1 heterocycles. The van der Waals surface area contributed by atoms with Crippen molar-refractivity contribution in [2.75, 3.05) is 11.4 Å². The van der Waals surface area contributed by atoms with Crippen molar-refractivity contribution in [2.45, 2.75) is 25.8 Å². The second-order valence-corrected chi connectivity index (χ2v) is 6.23. The topological polar surface area (TPSA) is 86.7 Å². The van der Waals surface area contributed by atoms with Gasteiger partial charge in [-0.05, 0) is 35.7 Å². The van der Waals surface area contributed by atoms with Gasteiger partial charge < -0.3 is 15.3 Å². The van der Waals surface area contributed by atoms with Crippen LogP contribution in [0, 0.1) is 0 Å². The molecular formula is C20H20N2O4. The Balaban J connectivity index is 1.56. The van der Waals surface area contributed by atoms with Crippen LogP contribution in [0.3, 0.4) is 0 Å². The molecule has 6 heteroatoms. The highest BCUT2D eigenvalue weighted by Crippen LogP contribution is 2.21. The molecule has 0 aromatic heterocycles. The van der Waals surface area contributed by atoms with E-state index < -0.39 is 5.97 Å². The minimum Gasteiger partial charge on any atom is -0.478 e. The van der Waals surface area contributed by atoms with E-state index in [1.54, 1.807) is 23.1 Å². The molecule has 134 valence electrons. The van der Waals surface area contributed by atoms with Gasteiger partial charge in [-0.15, -0.1) is 0 Å². The zero-order chi connectivity index (χ0) is 18.5. The van der Waals surface area contributed by atoms with Gasteiger partial charge in [0.2, 0.25) is 11.8 Å². The van der Waals surface area contributed by atoms with Crippen LogP contribution >= 0.6 is 0 Å². The quantitative estimate of drug-likeness (QED) is 0.836. The average Bonchev–Trinajstić information content (AvgIpc) is 3.07. The summed E-state index contributed by atoms with van der Waals surface area (Å²) in [7, 11) is 0. The number of carboxylic acids is 1. The molecule has 6 nitrogen and oxygen atoms in total. The first-order chi connectivity index (χ1) is 12.5. The number of carbonyl (C=O) groups is 3. The summed E-state index contributed by atoms with van der Waals surface area (Å²) in [5, 5.41) is 12.0. The summed E-state index contributed by atoms with van der Waals surface area (Å²) in [6.07, 6.45) is 1.49. The van der Waals surface area contributed by atoms with Crippen molar-refractivity contribution in [2.24, 2.45) is 0 Å². The second-order valence-electron chi connectivity index (χ2n) is 6.23. The summed E-state index contributed by atoms with van der Waals surface area (Å²) < 4.78 is 0. The zero-order valence-electron chi connectivity index (χ0n) is 14.3. The third-order valence-corrected chi connectivity index (χ3v) is 4.41. The number of benzene rings is 2. The minimum atomic E-state index is -1.04. The Morgan fingerprint density at radius 1 is 1.08 bits per heavy atom. The van der Waals surface area contributed by atoms with Crippen LogP contribution in [0.25, 0.3) is 0 Å². The lowest BCUT2D eigenvalue weighted by atomic mass is 10.0. The number of anilines is 1. The number of hydrogen-bond acceptors (Lipinski definition) is 3. The predicted molar refractivity (Wildman–Crippen MR) is 97.0 cm³/mol. The van der Waals surface area contributed by atoms with Gasteiger partial charge in [0, 0.05) is 25.2 Å². The van der Waals surface area contributed by atoms with Gasteiger partial charge in [0.05, 0.1) is 12.0 Å². The highest BCUT2D eigenvalue weighted by molar-refractivity contribution is 5.95. The van der Waals surface area contributed by atoms with Crippen molar-refractivity contribution in [3.63, 3.8) is 0 Å². The maximum Gasteiger partial charge on any atom is 0.335 e. The second kappa shape index (κ2) is 7.82. The van der Waals surface area contributed by atoms with Crippen LogP contribution in [0.1, 0.15) is 34.3 Å². The smallest absolute Gasteiger partial charge is 0.335 e. The Kier molecular flexibility index (Phi) is 5.31. The highest BCUT2D eigenvalue weighted by Gasteiger charge is 2.21. The van der Waals surface area contributed by atoms with Crippen LogP contribution in [0.15, 0.2) is 48.5 Å². The average molecular weight is 352 g/mol. The van der Waals surface area contributed by atoms with Gasteiger partial charge in [-0.3, -0.25) is 9.59 Å². The molecule has 0 spiro atoms. The summed E-state index contributed by atoms with van der Waals surface area (Å²) in [4.78, 5) is 36.8. The largest absolute Gasteiger partial charge is 0.478 e. The standard InChI is InChI=1S/C20H20N2O4/c23-18(12-15-4-1-2-5-17(15)20(25)26)21-13-14-7-9-16(10-8-14)22-11-3-6-19(22)24/h1-2,4-5,7-10H,3,6,11-13H2,(H,21,23)(H,25,26). The molecule has 1 fully saturated rings. The number of aromatic carboxylic acids is 1. The molecule has 0 radical (unpaired) electrons. The third kappa shape index (κ3) is 4.08. The number of amides is 2. The molecule has 26 heavy (non-hydrogen) atoms. The van der Waals surface area contributed by atoms with E-state index in [0.717, 1.165) is 24.2 Å². The van der Waals surface area contributed by atoms with Crippen LogP contribution in [-0.2, 0) is 22.6 Å². The molecule has 0 aliphatic carbocycles. The summed E-state index contributed by atoms with van der Waals surface area (Å²) in [5.74, 6) is -1.14. The van der Waals surface area contributed by atoms with E-state index in [-0.39, 0.29) is 23.8 Å². The normalized spacial score (nSPS) is 13.7. The van der Waals surface area contributed by atoms with Crippen LogP contribution in [0.4, 0.5) is 5.69 Å². The summed E-state index contributed by atoms with van der Waals surface area (Å²) in [6, 6.07) is 14.0. The first-order valence-corrected chi connectivity index (χ1v) is 8.52. The van der Waals surface area contributed by atoms with Crippen LogP contribution in [-0.4, -0.2) is 29.4 Å². The molecule has 0 atom stereocenters. The van der Waals surface area contributed by atoms with E-state index in [2.05, 4.69) is 5.32 Å². The van der Waals surface area contributed by atoms with E-state index in [1.165, 1.54) is 6.07 Å². The van der Waals surface area contributed by atoms with Gasteiger partial charge in [-0.2, -0.15) is 0 Å². The third-order valence-electron chi connectivity index (χ3n) is 4.41. The van der Waals surface area contributed by atoms with Crippen molar-refractivity contribution in [1.82, 2.24) is 5.32 Å². The molecule has 0 unspecified atom stereocenters. The fourth-order valence-electron chi connectivity index (χ4n) is 3.03. The summed E-state index contributed by atoms with van der Waals surface area (Å²) >= 11 is 0. The predicted octanol–water partition coefficient (Wildman–Crippen LogP) is 2.37. The molecule has 2 N–H and O–H groups in total. The van der Waals surface area contributed by atoms with Crippen LogP contribution in [0.5, 0.6) is 0 Å². The summed E-state index contributed by atoms with van der Waals surface area (Å²) in [5.41, 5.74) is 2.42. The lowest BCUT2D eigenvalue weighted by Crippen LogP contribution is -2.25. The fraction of sp³-hybridized carbons (Fsp3) is 0.250. The molecule has 2 amide bonds. The maximum atomic E-state index is 12.1. The molecule has 1 aliphatic heterocycles. The fourth-order valence-corrected chi connectivity index (χ4v) is 3.03. The van der Waals surface area contributed by atoms with E-state index in [0.29, 0.717) is 18.5 Å². The number of hydrogen-bond donors (Lipinski definition) is 2. The van der Waals surface area contributed by atoms with Crippen molar-refractivity contribution < 1.29 is 19.5 Å². The molecule has 3 rings (SSSR count). The van der Waals surface area contributed by atoms with E-state index in [4.69, 9.17) is 5.11 Å². The number of carbonyl (C=O) groups excluding carboxylic acids is 2. The Bertz CT molecular complexity index is 830. The van der Waals surface area contributed by atoms with Crippen LogP contribution < -0.4 is 10.2 Å². The molecule has 1 saturated heterocycles. The van der Waals surface area contributed by atoms with Gasteiger partial charge >= 0.3 is 5.97 Å². The Morgan fingerprint density at radius 2 is 1.81 bits per heavy atom. The molecular weight excluding hydrogens is 332 g/mol. The first-order valence-electron chi connectivity index (χ1n) is 8.52. The number of nitrogens with one attached hydrogen (secondary N) is 1. The molecule has 0 saturated carbocycles. The van der Waals surface area contributed by atoms with Gasteiger partial charge in [0.25, 0.3) is 0 Å². The SMILES string of the molecule is O=C(Cc1ccccc1C(=O)O)NCc1ccc(N2CCCC2=O)cc1. The van der Waals surface area contributed by atoms with Gasteiger partial charge in [-0.1, -0.05) is 30.3 Å².